The van der Waals surface area contributed by atoms with Crippen molar-refractivity contribution in [3.8, 4) is 0 Å². The Labute approximate surface area is 137 Å². The molecule has 3 rings (SSSR count). The highest BCUT2D eigenvalue weighted by atomic mass is 15.2. The summed E-state index contributed by atoms with van der Waals surface area (Å²) in [5, 5.41) is 1.10. The molecule has 0 spiro atoms. The van der Waals surface area contributed by atoms with Gasteiger partial charge >= 0.3 is 0 Å². The highest BCUT2D eigenvalue weighted by Crippen LogP contribution is 2.23. The second-order valence-electron chi connectivity index (χ2n) is 5.92. The number of anilines is 1. The molecule has 0 bridgehead atoms. The zero-order valence-electron chi connectivity index (χ0n) is 13.7. The summed E-state index contributed by atoms with van der Waals surface area (Å²) in [4.78, 5) is 13.5. The van der Waals surface area contributed by atoms with Crippen LogP contribution in [0.15, 0.2) is 60.9 Å². The van der Waals surface area contributed by atoms with Crippen molar-refractivity contribution in [1.82, 2.24) is 14.9 Å². The van der Waals surface area contributed by atoms with Gasteiger partial charge in [0.1, 0.15) is 12.1 Å². The number of hydrogen-bond acceptors (Lipinski definition) is 4. The molecule has 118 valence electrons. The van der Waals surface area contributed by atoms with Gasteiger partial charge in [-0.1, -0.05) is 42.5 Å². The van der Waals surface area contributed by atoms with Crippen molar-refractivity contribution in [1.29, 1.82) is 0 Å². The van der Waals surface area contributed by atoms with Crippen LogP contribution in [0.4, 0.5) is 5.82 Å². The molecule has 0 fully saturated rings. The van der Waals surface area contributed by atoms with Crippen LogP contribution in [0.3, 0.4) is 0 Å². The summed E-state index contributed by atoms with van der Waals surface area (Å²) in [6.45, 7) is 2.74. The van der Waals surface area contributed by atoms with Crippen LogP contribution in [0, 0.1) is 0 Å². The molecular weight excluding hydrogens is 284 g/mol. The van der Waals surface area contributed by atoms with Gasteiger partial charge in [0, 0.05) is 25.0 Å². The molecule has 0 radical (unpaired) electrons. The quantitative estimate of drug-likeness (QED) is 0.700. The topological polar surface area (TPSA) is 32.3 Å². The molecule has 1 aromatic heterocycles. The predicted molar refractivity (Wildman–Crippen MR) is 95.6 cm³/mol. The van der Waals surface area contributed by atoms with E-state index in [0.717, 1.165) is 36.4 Å². The third-order valence-electron chi connectivity index (χ3n) is 3.85. The van der Waals surface area contributed by atoms with Gasteiger partial charge in [0.25, 0.3) is 0 Å². The number of aromatic nitrogens is 2. The van der Waals surface area contributed by atoms with Crippen LogP contribution in [0.25, 0.3) is 10.9 Å². The number of fused-ring (bicyclic) bond motifs is 1. The largest absolute Gasteiger partial charge is 0.350 e. The van der Waals surface area contributed by atoms with E-state index in [0.29, 0.717) is 0 Å². The first kappa shape index (κ1) is 15.4. The highest BCUT2D eigenvalue weighted by molar-refractivity contribution is 5.89. The lowest BCUT2D eigenvalue weighted by Crippen LogP contribution is -2.32. The van der Waals surface area contributed by atoms with Crippen LogP contribution < -0.4 is 4.90 Å². The summed E-state index contributed by atoms with van der Waals surface area (Å²) in [5.41, 5.74) is 2.27. The van der Waals surface area contributed by atoms with E-state index < -0.39 is 0 Å². The predicted octanol–water partition coefficient (Wildman–Crippen LogP) is 3.20. The third-order valence-corrected chi connectivity index (χ3v) is 3.85. The monoisotopic (exact) mass is 306 g/mol. The Balaban J connectivity index is 1.96. The van der Waals surface area contributed by atoms with Gasteiger partial charge < -0.3 is 9.80 Å². The fraction of sp³-hybridized carbons (Fsp3) is 0.263. The number of rotatable bonds is 6. The fourth-order valence-electron chi connectivity index (χ4n) is 2.63. The molecule has 0 atom stereocenters. The van der Waals surface area contributed by atoms with E-state index in [4.69, 9.17) is 0 Å². The molecule has 0 unspecified atom stereocenters. The first-order chi connectivity index (χ1) is 11.2. The van der Waals surface area contributed by atoms with E-state index in [1.807, 2.05) is 24.3 Å². The molecule has 23 heavy (non-hydrogen) atoms. The summed E-state index contributed by atoms with van der Waals surface area (Å²) in [6, 6.07) is 18.7. The van der Waals surface area contributed by atoms with Crippen LogP contribution in [-0.2, 0) is 6.54 Å². The fourth-order valence-corrected chi connectivity index (χ4v) is 2.63. The van der Waals surface area contributed by atoms with E-state index in [1.165, 1.54) is 5.56 Å². The minimum absolute atomic E-state index is 0.843. The number of para-hydroxylation sites is 1. The molecule has 0 N–H and O–H groups in total. The summed E-state index contributed by atoms with van der Waals surface area (Å²) in [6.07, 6.45) is 1.66. The van der Waals surface area contributed by atoms with Gasteiger partial charge in [-0.25, -0.2) is 9.97 Å². The standard InChI is InChI=1S/C19H22N4/c1-22(2)12-13-23(14-16-8-4-3-5-9-16)19-17-10-6-7-11-18(17)20-15-21-19/h3-11,15H,12-14H2,1-2H3. The van der Waals surface area contributed by atoms with Crippen LogP contribution in [-0.4, -0.2) is 42.1 Å². The second kappa shape index (κ2) is 7.20. The van der Waals surface area contributed by atoms with Crippen molar-refractivity contribution in [3.05, 3.63) is 66.5 Å². The van der Waals surface area contributed by atoms with Gasteiger partial charge in [-0.2, -0.15) is 0 Å². The Morgan fingerprint density at radius 3 is 2.35 bits per heavy atom. The third kappa shape index (κ3) is 3.85. The maximum atomic E-state index is 4.58. The zero-order valence-corrected chi connectivity index (χ0v) is 13.7. The average Bonchev–Trinajstić information content (AvgIpc) is 2.59. The van der Waals surface area contributed by atoms with Crippen molar-refractivity contribution in [3.63, 3.8) is 0 Å². The molecule has 0 amide bonds. The van der Waals surface area contributed by atoms with Gasteiger partial charge in [0.05, 0.1) is 5.52 Å². The Morgan fingerprint density at radius 1 is 0.826 bits per heavy atom. The molecule has 0 aliphatic carbocycles. The molecule has 3 aromatic rings. The molecule has 0 aliphatic rings. The molecule has 0 saturated carbocycles. The van der Waals surface area contributed by atoms with E-state index in [9.17, 15) is 0 Å². The van der Waals surface area contributed by atoms with Gasteiger partial charge in [0.15, 0.2) is 0 Å². The highest BCUT2D eigenvalue weighted by Gasteiger charge is 2.13. The molecule has 0 aliphatic heterocycles. The Bertz CT molecular complexity index is 750. The molecule has 2 aromatic carbocycles. The first-order valence-corrected chi connectivity index (χ1v) is 7.87. The SMILES string of the molecule is CN(C)CCN(Cc1ccccc1)c1ncnc2ccccc12. The number of benzene rings is 2. The lowest BCUT2D eigenvalue weighted by Gasteiger charge is -2.26. The Hall–Kier alpha value is -2.46. The number of nitrogens with zero attached hydrogens (tertiary/aromatic N) is 4. The van der Waals surface area contributed by atoms with Gasteiger partial charge in [-0.3, -0.25) is 0 Å². The van der Waals surface area contributed by atoms with Gasteiger partial charge in [0.2, 0.25) is 0 Å². The summed E-state index contributed by atoms with van der Waals surface area (Å²) in [5.74, 6) is 1.00. The van der Waals surface area contributed by atoms with Gasteiger partial charge in [-0.05, 0) is 31.8 Å². The molecular formula is C19H22N4. The smallest absolute Gasteiger partial charge is 0.140 e. The molecule has 1 heterocycles. The summed E-state index contributed by atoms with van der Waals surface area (Å²) < 4.78 is 0. The van der Waals surface area contributed by atoms with E-state index >= 15 is 0 Å². The normalized spacial score (nSPS) is 11.1. The molecule has 4 nitrogen and oxygen atoms in total. The number of likely N-dealkylation sites (N-methyl/N-ethyl adjacent to an activating group) is 1. The van der Waals surface area contributed by atoms with E-state index in [2.05, 4.69) is 64.2 Å². The lowest BCUT2D eigenvalue weighted by atomic mass is 10.2. The van der Waals surface area contributed by atoms with Crippen molar-refractivity contribution < 1.29 is 0 Å². The zero-order chi connectivity index (χ0) is 16.1. The molecule has 4 heteroatoms. The van der Waals surface area contributed by atoms with Crippen molar-refractivity contribution in [2.24, 2.45) is 0 Å². The van der Waals surface area contributed by atoms with E-state index in [-0.39, 0.29) is 0 Å². The van der Waals surface area contributed by atoms with Crippen molar-refractivity contribution >= 4 is 16.7 Å². The van der Waals surface area contributed by atoms with Crippen LogP contribution in [0.5, 0.6) is 0 Å². The minimum atomic E-state index is 0.843. The van der Waals surface area contributed by atoms with Crippen LogP contribution >= 0.6 is 0 Å². The Morgan fingerprint density at radius 2 is 1.57 bits per heavy atom. The van der Waals surface area contributed by atoms with Crippen LogP contribution in [0.1, 0.15) is 5.56 Å². The average molecular weight is 306 g/mol. The second-order valence-corrected chi connectivity index (χ2v) is 5.92. The summed E-state index contributed by atoms with van der Waals surface area (Å²) in [7, 11) is 4.19. The maximum absolute atomic E-state index is 4.58. The van der Waals surface area contributed by atoms with E-state index in [1.54, 1.807) is 6.33 Å². The van der Waals surface area contributed by atoms with Crippen LogP contribution in [0.2, 0.25) is 0 Å². The summed E-state index contributed by atoms with van der Waals surface area (Å²) >= 11 is 0. The Kier molecular flexibility index (Phi) is 4.83. The molecule has 0 saturated heterocycles. The van der Waals surface area contributed by atoms with Crippen molar-refractivity contribution in [2.75, 3.05) is 32.1 Å². The maximum Gasteiger partial charge on any atom is 0.140 e. The first-order valence-electron chi connectivity index (χ1n) is 7.87. The minimum Gasteiger partial charge on any atom is -0.350 e. The lowest BCUT2D eigenvalue weighted by molar-refractivity contribution is 0.412. The van der Waals surface area contributed by atoms with Crippen molar-refractivity contribution in [2.45, 2.75) is 6.54 Å². The number of hydrogen-bond donors (Lipinski definition) is 0. The van der Waals surface area contributed by atoms with Gasteiger partial charge in [-0.15, -0.1) is 0 Å².